The molecule has 0 aromatic heterocycles. The summed E-state index contributed by atoms with van der Waals surface area (Å²) in [7, 11) is -1.93. The van der Waals surface area contributed by atoms with E-state index in [2.05, 4.69) is 0 Å². The van der Waals surface area contributed by atoms with Crippen LogP contribution in [0.2, 0.25) is 0 Å². The van der Waals surface area contributed by atoms with Crippen molar-refractivity contribution < 1.29 is 8.42 Å². The molecule has 1 saturated heterocycles. The first-order valence-corrected chi connectivity index (χ1v) is 6.22. The molecule has 0 spiro atoms. The van der Waals surface area contributed by atoms with Gasteiger partial charge in [-0.3, -0.25) is 0 Å². The second-order valence-corrected chi connectivity index (χ2v) is 5.68. The summed E-state index contributed by atoms with van der Waals surface area (Å²) in [4.78, 5) is 0. The van der Waals surface area contributed by atoms with Crippen molar-refractivity contribution in [1.82, 2.24) is 8.61 Å². The molecule has 0 aliphatic carbocycles. The Labute approximate surface area is 103 Å². The SMILES string of the molecule is CN(CCC#N)S(=O)(=O)N1CC[C@@H](N)C1.Cl. The van der Waals surface area contributed by atoms with Crippen molar-refractivity contribution in [3.8, 4) is 6.07 Å². The zero-order valence-electron chi connectivity index (χ0n) is 9.16. The van der Waals surface area contributed by atoms with E-state index < -0.39 is 10.2 Å². The number of halogens is 1. The molecule has 1 fully saturated rings. The molecular formula is C8H17ClN4O2S. The van der Waals surface area contributed by atoms with Crippen LogP contribution in [0.1, 0.15) is 12.8 Å². The van der Waals surface area contributed by atoms with Crippen molar-refractivity contribution in [3.63, 3.8) is 0 Å². The zero-order valence-corrected chi connectivity index (χ0v) is 10.8. The van der Waals surface area contributed by atoms with Gasteiger partial charge in [-0.05, 0) is 6.42 Å². The van der Waals surface area contributed by atoms with Crippen LogP contribution in [0, 0.1) is 11.3 Å². The number of nitriles is 1. The summed E-state index contributed by atoms with van der Waals surface area (Å²) in [6.07, 6.45) is 0.904. The predicted molar refractivity (Wildman–Crippen MR) is 63.2 cm³/mol. The summed E-state index contributed by atoms with van der Waals surface area (Å²) in [6.45, 7) is 1.07. The van der Waals surface area contributed by atoms with Gasteiger partial charge in [-0.1, -0.05) is 0 Å². The highest BCUT2D eigenvalue weighted by Crippen LogP contribution is 2.14. The maximum Gasteiger partial charge on any atom is 0.281 e. The summed E-state index contributed by atoms with van der Waals surface area (Å²) in [6, 6.07) is 1.86. The van der Waals surface area contributed by atoms with Gasteiger partial charge in [0.25, 0.3) is 10.2 Å². The molecule has 0 radical (unpaired) electrons. The highest BCUT2D eigenvalue weighted by molar-refractivity contribution is 7.86. The van der Waals surface area contributed by atoms with Crippen LogP contribution in [0.3, 0.4) is 0 Å². The Morgan fingerprint density at radius 2 is 2.25 bits per heavy atom. The Bertz CT molecular complexity index is 354. The van der Waals surface area contributed by atoms with Crippen LogP contribution in [0.25, 0.3) is 0 Å². The molecule has 1 rings (SSSR count). The lowest BCUT2D eigenvalue weighted by Gasteiger charge is -2.23. The van der Waals surface area contributed by atoms with E-state index >= 15 is 0 Å². The van der Waals surface area contributed by atoms with Gasteiger partial charge in [0.05, 0.1) is 6.07 Å². The molecule has 2 N–H and O–H groups in total. The van der Waals surface area contributed by atoms with Crippen LogP contribution >= 0.6 is 12.4 Å². The zero-order chi connectivity index (χ0) is 11.5. The van der Waals surface area contributed by atoms with Gasteiger partial charge in [-0.2, -0.15) is 22.3 Å². The molecular weight excluding hydrogens is 252 g/mol. The first-order valence-electron chi connectivity index (χ1n) is 4.82. The third-order valence-corrected chi connectivity index (χ3v) is 4.40. The van der Waals surface area contributed by atoms with Crippen LogP contribution in [-0.4, -0.2) is 49.8 Å². The Morgan fingerprint density at radius 1 is 1.62 bits per heavy atom. The fraction of sp³-hybridized carbons (Fsp3) is 0.875. The second-order valence-electron chi connectivity index (χ2n) is 3.64. The van der Waals surface area contributed by atoms with E-state index in [0.29, 0.717) is 19.5 Å². The topological polar surface area (TPSA) is 90.4 Å². The maximum atomic E-state index is 11.9. The van der Waals surface area contributed by atoms with Gasteiger partial charge >= 0.3 is 0 Å². The summed E-state index contributed by atoms with van der Waals surface area (Å²) in [5.41, 5.74) is 5.65. The molecule has 16 heavy (non-hydrogen) atoms. The van der Waals surface area contributed by atoms with Crippen molar-refractivity contribution in [1.29, 1.82) is 5.26 Å². The molecule has 0 amide bonds. The van der Waals surface area contributed by atoms with Gasteiger partial charge in [-0.25, -0.2) is 0 Å². The summed E-state index contributed by atoms with van der Waals surface area (Å²) < 4.78 is 26.3. The van der Waals surface area contributed by atoms with Crippen LogP contribution in [0.5, 0.6) is 0 Å². The van der Waals surface area contributed by atoms with Crippen LogP contribution < -0.4 is 5.73 Å². The van der Waals surface area contributed by atoms with E-state index in [1.54, 1.807) is 0 Å². The quantitative estimate of drug-likeness (QED) is 0.746. The third kappa shape index (κ3) is 3.57. The van der Waals surface area contributed by atoms with Gasteiger partial charge in [0.2, 0.25) is 0 Å². The number of rotatable bonds is 4. The molecule has 94 valence electrons. The van der Waals surface area contributed by atoms with Crippen LogP contribution in [-0.2, 0) is 10.2 Å². The molecule has 6 nitrogen and oxygen atoms in total. The molecule has 1 heterocycles. The lowest BCUT2D eigenvalue weighted by molar-refractivity contribution is 0.396. The standard InChI is InChI=1S/C8H16N4O2S.ClH/c1-11(5-2-4-9)15(13,14)12-6-3-8(10)7-12;/h8H,2-3,5-7,10H2,1H3;1H/t8-;/m1./s1. The van der Waals surface area contributed by atoms with Crippen molar-refractivity contribution in [2.75, 3.05) is 26.7 Å². The van der Waals surface area contributed by atoms with Gasteiger partial charge in [0.15, 0.2) is 0 Å². The number of hydrogen-bond acceptors (Lipinski definition) is 4. The predicted octanol–water partition coefficient (Wildman–Crippen LogP) is -0.469. The van der Waals surface area contributed by atoms with Crippen molar-refractivity contribution in [2.45, 2.75) is 18.9 Å². The highest BCUT2D eigenvalue weighted by atomic mass is 35.5. The van der Waals surface area contributed by atoms with E-state index in [0.717, 1.165) is 0 Å². The van der Waals surface area contributed by atoms with E-state index in [-0.39, 0.29) is 31.4 Å². The minimum atomic E-state index is -3.41. The van der Waals surface area contributed by atoms with Crippen LogP contribution in [0.15, 0.2) is 0 Å². The monoisotopic (exact) mass is 268 g/mol. The van der Waals surface area contributed by atoms with Gasteiger partial charge < -0.3 is 5.73 Å². The average molecular weight is 269 g/mol. The fourth-order valence-corrected chi connectivity index (χ4v) is 2.92. The van der Waals surface area contributed by atoms with Crippen molar-refractivity contribution in [2.24, 2.45) is 5.73 Å². The minimum absolute atomic E-state index is 0. The van der Waals surface area contributed by atoms with Gasteiger partial charge in [-0.15, -0.1) is 12.4 Å². The Morgan fingerprint density at radius 3 is 2.69 bits per heavy atom. The number of hydrogen-bond donors (Lipinski definition) is 1. The molecule has 0 bridgehead atoms. The summed E-state index contributed by atoms with van der Waals surface area (Å²) >= 11 is 0. The molecule has 1 aliphatic rings. The Balaban J connectivity index is 0.00000225. The normalized spacial score (nSPS) is 21.8. The van der Waals surface area contributed by atoms with Gasteiger partial charge in [0.1, 0.15) is 0 Å². The first kappa shape index (κ1) is 15.6. The van der Waals surface area contributed by atoms with Crippen LogP contribution in [0.4, 0.5) is 0 Å². The van der Waals surface area contributed by atoms with Crippen molar-refractivity contribution in [3.05, 3.63) is 0 Å². The van der Waals surface area contributed by atoms with E-state index in [1.807, 2.05) is 6.07 Å². The Hall–Kier alpha value is -0.390. The van der Waals surface area contributed by atoms with E-state index in [9.17, 15) is 8.42 Å². The highest BCUT2D eigenvalue weighted by Gasteiger charge is 2.32. The van der Waals surface area contributed by atoms with E-state index in [1.165, 1.54) is 15.7 Å². The molecule has 0 saturated carbocycles. The molecule has 1 aliphatic heterocycles. The first-order chi connectivity index (χ1) is 6.98. The maximum absolute atomic E-state index is 11.9. The number of nitrogens with two attached hydrogens (primary N) is 1. The average Bonchev–Trinajstić information content (AvgIpc) is 2.61. The minimum Gasteiger partial charge on any atom is -0.326 e. The molecule has 0 unspecified atom stereocenters. The van der Waals surface area contributed by atoms with Crippen molar-refractivity contribution >= 4 is 22.6 Å². The molecule has 1 atom stereocenters. The fourth-order valence-electron chi connectivity index (χ4n) is 1.48. The molecule has 8 heteroatoms. The third-order valence-electron chi connectivity index (χ3n) is 2.45. The second kappa shape index (κ2) is 6.37. The van der Waals surface area contributed by atoms with Gasteiger partial charge in [0, 0.05) is 39.1 Å². The lowest BCUT2D eigenvalue weighted by atomic mass is 10.3. The lowest BCUT2D eigenvalue weighted by Crippen LogP contribution is -2.42. The summed E-state index contributed by atoms with van der Waals surface area (Å²) in [5.74, 6) is 0. The number of nitrogens with zero attached hydrogens (tertiary/aromatic N) is 3. The molecule has 0 aromatic carbocycles. The summed E-state index contributed by atoms with van der Waals surface area (Å²) in [5, 5.41) is 8.38. The Kier molecular flexibility index (Phi) is 6.22. The smallest absolute Gasteiger partial charge is 0.281 e. The largest absolute Gasteiger partial charge is 0.326 e. The van der Waals surface area contributed by atoms with E-state index in [4.69, 9.17) is 11.0 Å². The molecule has 0 aromatic rings.